The standard InChI is InChI=1S/C17H26N2O/c1-3-16(15-12-8-7-9-13(15)2)19-17(20)18-14-10-5-4-6-11-14/h7-9,12,14,16H,3-6,10-11H2,1-2H3,(H2,18,19,20)/t16-/m1/s1. The Morgan fingerprint density at radius 3 is 2.60 bits per heavy atom. The molecule has 1 atom stereocenters. The Balaban J connectivity index is 1.92. The number of urea groups is 1. The van der Waals surface area contributed by atoms with Crippen LogP contribution >= 0.6 is 0 Å². The van der Waals surface area contributed by atoms with E-state index in [9.17, 15) is 4.79 Å². The number of nitrogens with one attached hydrogen (secondary N) is 2. The van der Waals surface area contributed by atoms with Gasteiger partial charge in [0.2, 0.25) is 0 Å². The SMILES string of the molecule is CC[C@@H](NC(=O)NC1CCCCC1)c1ccccc1C. The predicted octanol–water partition coefficient (Wildman–Crippen LogP) is 4.08. The number of aryl methyl sites for hydroxylation is 1. The molecule has 2 N–H and O–H groups in total. The first-order chi connectivity index (χ1) is 9.70. The predicted molar refractivity (Wildman–Crippen MR) is 82.8 cm³/mol. The molecule has 0 bridgehead atoms. The van der Waals surface area contributed by atoms with Crippen molar-refractivity contribution < 1.29 is 4.79 Å². The van der Waals surface area contributed by atoms with Gasteiger partial charge in [-0.25, -0.2) is 4.79 Å². The summed E-state index contributed by atoms with van der Waals surface area (Å²) in [6.07, 6.45) is 6.92. The van der Waals surface area contributed by atoms with E-state index in [2.05, 4.69) is 36.6 Å². The highest BCUT2D eigenvalue weighted by atomic mass is 16.2. The van der Waals surface area contributed by atoms with Crippen molar-refractivity contribution in [1.82, 2.24) is 10.6 Å². The van der Waals surface area contributed by atoms with Crippen LogP contribution in [-0.2, 0) is 0 Å². The lowest BCUT2D eigenvalue weighted by Crippen LogP contribution is -2.44. The zero-order valence-corrected chi connectivity index (χ0v) is 12.6. The maximum Gasteiger partial charge on any atom is 0.315 e. The third-order valence-corrected chi connectivity index (χ3v) is 4.22. The van der Waals surface area contributed by atoms with Crippen LogP contribution in [0.3, 0.4) is 0 Å². The molecule has 0 heterocycles. The molecule has 1 aliphatic rings. The van der Waals surface area contributed by atoms with E-state index in [1.165, 1.54) is 30.4 Å². The largest absolute Gasteiger partial charge is 0.335 e. The fourth-order valence-corrected chi connectivity index (χ4v) is 3.01. The average Bonchev–Trinajstić information content (AvgIpc) is 2.46. The number of hydrogen-bond acceptors (Lipinski definition) is 1. The second kappa shape index (κ2) is 7.32. The third-order valence-electron chi connectivity index (χ3n) is 4.22. The van der Waals surface area contributed by atoms with Crippen LogP contribution < -0.4 is 10.6 Å². The number of carbonyl (C=O) groups excluding carboxylic acids is 1. The summed E-state index contributed by atoms with van der Waals surface area (Å²) in [5, 5.41) is 6.24. The van der Waals surface area contributed by atoms with Crippen molar-refractivity contribution in [3.05, 3.63) is 35.4 Å². The molecule has 1 aliphatic carbocycles. The van der Waals surface area contributed by atoms with E-state index in [0.29, 0.717) is 6.04 Å². The Morgan fingerprint density at radius 2 is 1.95 bits per heavy atom. The molecule has 3 nitrogen and oxygen atoms in total. The van der Waals surface area contributed by atoms with Crippen LogP contribution in [-0.4, -0.2) is 12.1 Å². The van der Waals surface area contributed by atoms with Gasteiger partial charge < -0.3 is 10.6 Å². The molecule has 0 aliphatic heterocycles. The van der Waals surface area contributed by atoms with Crippen LogP contribution in [0.15, 0.2) is 24.3 Å². The van der Waals surface area contributed by atoms with Crippen molar-refractivity contribution >= 4 is 6.03 Å². The summed E-state index contributed by atoms with van der Waals surface area (Å²) in [7, 11) is 0. The van der Waals surface area contributed by atoms with E-state index in [0.717, 1.165) is 19.3 Å². The van der Waals surface area contributed by atoms with Gasteiger partial charge in [-0.3, -0.25) is 0 Å². The summed E-state index contributed by atoms with van der Waals surface area (Å²) in [6.45, 7) is 4.21. The maximum atomic E-state index is 12.1. The quantitative estimate of drug-likeness (QED) is 0.853. The molecular formula is C17H26N2O. The summed E-state index contributed by atoms with van der Waals surface area (Å²) in [5.41, 5.74) is 2.45. The van der Waals surface area contributed by atoms with Crippen LogP contribution in [0.1, 0.15) is 62.6 Å². The minimum Gasteiger partial charge on any atom is -0.335 e. The Bertz CT molecular complexity index is 438. The lowest BCUT2D eigenvalue weighted by Gasteiger charge is -2.25. The van der Waals surface area contributed by atoms with E-state index in [1.54, 1.807) is 0 Å². The molecule has 2 rings (SSSR count). The first kappa shape index (κ1) is 14.9. The second-order valence-corrected chi connectivity index (χ2v) is 5.77. The van der Waals surface area contributed by atoms with Gasteiger partial charge in [0, 0.05) is 6.04 Å². The Hall–Kier alpha value is -1.51. The summed E-state index contributed by atoms with van der Waals surface area (Å²) in [5.74, 6) is 0. The second-order valence-electron chi connectivity index (χ2n) is 5.77. The number of benzene rings is 1. The van der Waals surface area contributed by atoms with Gasteiger partial charge in [0.1, 0.15) is 0 Å². The van der Waals surface area contributed by atoms with Crippen molar-refractivity contribution in [2.75, 3.05) is 0 Å². The van der Waals surface area contributed by atoms with E-state index < -0.39 is 0 Å². The van der Waals surface area contributed by atoms with Crippen LogP contribution in [0.25, 0.3) is 0 Å². The van der Waals surface area contributed by atoms with E-state index in [-0.39, 0.29) is 12.1 Å². The Morgan fingerprint density at radius 1 is 1.25 bits per heavy atom. The fraction of sp³-hybridized carbons (Fsp3) is 0.588. The highest BCUT2D eigenvalue weighted by molar-refractivity contribution is 5.74. The molecule has 0 spiro atoms. The van der Waals surface area contributed by atoms with E-state index in [1.807, 2.05) is 12.1 Å². The minimum absolute atomic E-state index is 0.0213. The van der Waals surface area contributed by atoms with Crippen molar-refractivity contribution in [3.8, 4) is 0 Å². The van der Waals surface area contributed by atoms with Crippen molar-refractivity contribution in [2.45, 2.75) is 64.5 Å². The molecule has 1 fully saturated rings. The Kier molecular flexibility index (Phi) is 5.45. The monoisotopic (exact) mass is 274 g/mol. The fourth-order valence-electron chi connectivity index (χ4n) is 3.01. The number of rotatable bonds is 4. The highest BCUT2D eigenvalue weighted by Gasteiger charge is 2.18. The lowest BCUT2D eigenvalue weighted by atomic mass is 9.95. The molecule has 1 aromatic carbocycles. The van der Waals surface area contributed by atoms with Gasteiger partial charge in [0.25, 0.3) is 0 Å². The molecule has 110 valence electrons. The smallest absolute Gasteiger partial charge is 0.315 e. The molecule has 1 saturated carbocycles. The number of carbonyl (C=O) groups is 1. The zero-order chi connectivity index (χ0) is 14.4. The third kappa shape index (κ3) is 3.99. The van der Waals surface area contributed by atoms with Crippen LogP contribution in [0, 0.1) is 6.92 Å². The molecule has 3 heteroatoms. The topological polar surface area (TPSA) is 41.1 Å². The van der Waals surface area contributed by atoms with Crippen LogP contribution in [0.4, 0.5) is 4.79 Å². The summed E-state index contributed by atoms with van der Waals surface area (Å²) in [6, 6.07) is 8.70. The average molecular weight is 274 g/mol. The summed E-state index contributed by atoms with van der Waals surface area (Å²) in [4.78, 5) is 12.1. The summed E-state index contributed by atoms with van der Waals surface area (Å²) < 4.78 is 0. The minimum atomic E-state index is -0.0213. The van der Waals surface area contributed by atoms with E-state index >= 15 is 0 Å². The highest BCUT2D eigenvalue weighted by Crippen LogP contribution is 2.21. The van der Waals surface area contributed by atoms with Crippen molar-refractivity contribution in [2.24, 2.45) is 0 Å². The van der Waals surface area contributed by atoms with Gasteiger partial charge in [0.05, 0.1) is 6.04 Å². The van der Waals surface area contributed by atoms with Gasteiger partial charge in [0.15, 0.2) is 0 Å². The summed E-state index contributed by atoms with van der Waals surface area (Å²) >= 11 is 0. The zero-order valence-electron chi connectivity index (χ0n) is 12.6. The van der Waals surface area contributed by atoms with Crippen molar-refractivity contribution in [1.29, 1.82) is 0 Å². The molecule has 20 heavy (non-hydrogen) atoms. The van der Waals surface area contributed by atoms with Gasteiger partial charge in [-0.2, -0.15) is 0 Å². The molecular weight excluding hydrogens is 248 g/mol. The van der Waals surface area contributed by atoms with Gasteiger partial charge in [-0.05, 0) is 37.3 Å². The molecule has 0 radical (unpaired) electrons. The maximum absolute atomic E-state index is 12.1. The van der Waals surface area contributed by atoms with E-state index in [4.69, 9.17) is 0 Å². The van der Waals surface area contributed by atoms with Crippen LogP contribution in [0.5, 0.6) is 0 Å². The van der Waals surface area contributed by atoms with Gasteiger partial charge >= 0.3 is 6.03 Å². The lowest BCUT2D eigenvalue weighted by molar-refractivity contribution is 0.228. The molecule has 0 saturated heterocycles. The first-order valence-electron chi connectivity index (χ1n) is 7.83. The Labute approximate surface area is 122 Å². The molecule has 0 aromatic heterocycles. The number of hydrogen-bond donors (Lipinski definition) is 2. The van der Waals surface area contributed by atoms with Gasteiger partial charge in [-0.15, -0.1) is 0 Å². The molecule has 1 aromatic rings. The molecule has 0 unspecified atom stereocenters. The molecule has 2 amide bonds. The first-order valence-corrected chi connectivity index (χ1v) is 7.83. The van der Waals surface area contributed by atoms with Crippen LogP contribution in [0.2, 0.25) is 0 Å². The van der Waals surface area contributed by atoms with Gasteiger partial charge in [-0.1, -0.05) is 50.5 Å². The normalized spacial score (nSPS) is 17.5. The van der Waals surface area contributed by atoms with Crippen molar-refractivity contribution in [3.63, 3.8) is 0 Å². The number of amides is 2.